The number of benzene rings is 1. The Kier molecular flexibility index (Phi) is 7.27. The van der Waals surface area contributed by atoms with Crippen molar-refractivity contribution in [2.45, 2.75) is 64.3 Å². The zero-order chi connectivity index (χ0) is 19.3. The Morgan fingerprint density at radius 3 is 2.77 bits per heavy atom. The lowest BCUT2D eigenvalue weighted by Crippen LogP contribution is -2.31. The number of carbonyl (C=O) groups is 1. The zero-order valence-corrected chi connectivity index (χ0v) is 16.7. The van der Waals surface area contributed by atoms with E-state index < -0.39 is 5.43 Å². The van der Waals surface area contributed by atoms with Crippen LogP contribution >= 0.6 is 11.6 Å². The molecule has 2 rings (SSSR count). The summed E-state index contributed by atoms with van der Waals surface area (Å²) in [6.07, 6.45) is 8.14. The molecule has 0 bridgehead atoms. The fraction of sp³-hybridized carbons (Fsp3) is 0.524. The van der Waals surface area contributed by atoms with Gasteiger partial charge in [0.05, 0.1) is 11.5 Å². The van der Waals surface area contributed by atoms with Crippen molar-refractivity contribution in [1.29, 1.82) is 0 Å². The standard InChI is InChI=1S/C21H28ClNO3/c1-5-6-7-8-15-12-18(24)20(19(13-15)26-21(22)25)16-11-14(2)9-10-17(16)23(3)4/h11-13,16-17H,3,5-10H2,1-2,4H3/p+1/t16-,17-/m1/s1. The quantitative estimate of drug-likeness (QED) is 0.227. The summed E-state index contributed by atoms with van der Waals surface area (Å²) in [6.45, 7) is 8.27. The molecule has 0 aromatic heterocycles. The number of phenols is 1. The maximum Gasteiger partial charge on any atom is 0.409 e. The number of rotatable bonds is 7. The molecule has 0 saturated carbocycles. The average Bonchev–Trinajstić information content (AvgIpc) is 2.54. The highest BCUT2D eigenvalue weighted by atomic mass is 35.5. The first-order valence-corrected chi connectivity index (χ1v) is 9.65. The number of carbonyl (C=O) groups excluding carboxylic acids is 1. The number of ether oxygens (including phenoxy) is 1. The van der Waals surface area contributed by atoms with Crippen LogP contribution in [0.3, 0.4) is 0 Å². The normalized spacial score (nSPS) is 19.8. The molecule has 1 N–H and O–H groups in total. The van der Waals surface area contributed by atoms with Gasteiger partial charge in [0.1, 0.15) is 25.3 Å². The van der Waals surface area contributed by atoms with E-state index in [2.05, 4.69) is 26.6 Å². The van der Waals surface area contributed by atoms with Crippen LogP contribution in [-0.2, 0) is 6.42 Å². The van der Waals surface area contributed by atoms with Crippen molar-refractivity contribution >= 4 is 23.7 Å². The van der Waals surface area contributed by atoms with Crippen molar-refractivity contribution in [1.82, 2.24) is 0 Å². The number of likely N-dealkylation sites (N-methyl/N-ethyl adjacent to an activating group) is 1. The van der Waals surface area contributed by atoms with Crippen molar-refractivity contribution in [2.24, 2.45) is 0 Å². The van der Waals surface area contributed by atoms with Gasteiger partial charge in [0, 0.05) is 18.0 Å². The van der Waals surface area contributed by atoms with Crippen molar-refractivity contribution < 1.29 is 19.2 Å². The molecular weight excluding hydrogens is 350 g/mol. The summed E-state index contributed by atoms with van der Waals surface area (Å²) in [5.41, 5.74) is 1.91. The van der Waals surface area contributed by atoms with Crippen LogP contribution in [0.4, 0.5) is 4.79 Å². The zero-order valence-electron chi connectivity index (χ0n) is 15.9. The Bertz CT molecular complexity index is 711. The minimum atomic E-state index is -0.896. The van der Waals surface area contributed by atoms with Crippen LogP contribution in [0.1, 0.15) is 63.0 Å². The minimum Gasteiger partial charge on any atom is -0.507 e. The maximum absolute atomic E-state index is 11.4. The van der Waals surface area contributed by atoms with Crippen LogP contribution < -0.4 is 4.74 Å². The SMILES string of the molecule is C=[N+](C)[C@@H]1CCC(C)=C[C@H]1c1c(O)cc(CCCCC)cc1OC(=O)Cl. The van der Waals surface area contributed by atoms with Gasteiger partial charge in [-0.15, -0.1) is 0 Å². The third-order valence-electron chi connectivity index (χ3n) is 5.05. The summed E-state index contributed by atoms with van der Waals surface area (Å²) in [6, 6.07) is 3.74. The topological polar surface area (TPSA) is 49.5 Å². The van der Waals surface area contributed by atoms with Gasteiger partial charge in [0.15, 0.2) is 6.04 Å². The average molecular weight is 379 g/mol. The Morgan fingerprint density at radius 2 is 2.15 bits per heavy atom. The first-order chi connectivity index (χ1) is 12.3. The van der Waals surface area contributed by atoms with Gasteiger partial charge in [0.25, 0.3) is 0 Å². The lowest BCUT2D eigenvalue weighted by atomic mass is 9.80. The molecular formula is C21H29ClNO3+. The molecule has 1 aliphatic carbocycles. The van der Waals surface area contributed by atoms with E-state index in [9.17, 15) is 9.90 Å². The predicted octanol–water partition coefficient (Wildman–Crippen LogP) is 5.40. The molecule has 0 heterocycles. The number of halogens is 1. The van der Waals surface area contributed by atoms with E-state index in [4.69, 9.17) is 16.3 Å². The number of hydrogen-bond donors (Lipinski definition) is 1. The van der Waals surface area contributed by atoms with Gasteiger partial charge in [-0.2, -0.15) is 0 Å². The van der Waals surface area contributed by atoms with Crippen molar-refractivity contribution in [2.75, 3.05) is 7.05 Å². The van der Waals surface area contributed by atoms with Gasteiger partial charge in [-0.05, 0) is 43.9 Å². The van der Waals surface area contributed by atoms with Crippen LogP contribution in [0.25, 0.3) is 0 Å². The van der Waals surface area contributed by atoms with Gasteiger partial charge < -0.3 is 9.84 Å². The first-order valence-electron chi connectivity index (χ1n) is 9.27. The number of aryl methyl sites for hydroxylation is 1. The predicted molar refractivity (Wildman–Crippen MR) is 106 cm³/mol. The van der Waals surface area contributed by atoms with E-state index >= 15 is 0 Å². The van der Waals surface area contributed by atoms with E-state index in [1.165, 1.54) is 5.57 Å². The molecule has 26 heavy (non-hydrogen) atoms. The lowest BCUT2D eigenvalue weighted by Gasteiger charge is -2.28. The number of unbranched alkanes of at least 4 members (excludes halogenated alkanes) is 2. The Hall–Kier alpha value is -1.81. The van der Waals surface area contributed by atoms with Crippen molar-refractivity contribution in [3.8, 4) is 11.5 Å². The van der Waals surface area contributed by atoms with E-state index in [0.29, 0.717) is 11.3 Å². The van der Waals surface area contributed by atoms with Crippen molar-refractivity contribution in [3.05, 3.63) is 34.9 Å². The fourth-order valence-electron chi connectivity index (χ4n) is 3.72. The third kappa shape index (κ3) is 5.10. The van der Waals surface area contributed by atoms with E-state index in [0.717, 1.165) is 44.1 Å². The molecule has 0 spiro atoms. The Balaban J connectivity index is 2.49. The second-order valence-electron chi connectivity index (χ2n) is 7.23. The molecule has 142 valence electrons. The molecule has 0 aliphatic heterocycles. The van der Waals surface area contributed by atoms with Crippen LogP contribution in [0.5, 0.6) is 11.5 Å². The number of aromatic hydroxyl groups is 1. The second kappa shape index (κ2) is 9.22. The Labute approximate surface area is 161 Å². The molecule has 1 aromatic carbocycles. The number of nitrogens with zero attached hydrogens (tertiary/aromatic N) is 1. The molecule has 1 aliphatic rings. The molecule has 0 amide bonds. The third-order valence-corrected chi connectivity index (χ3v) is 5.13. The van der Waals surface area contributed by atoms with Gasteiger partial charge in [0.2, 0.25) is 0 Å². The number of phenolic OH excluding ortho intramolecular Hbond substituents is 1. The first kappa shape index (κ1) is 20.5. The summed E-state index contributed by atoms with van der Waals surface area (Å²) in [5, 5.41) is 10.8. The number of hydrogen-bond acceptors (Lipinski definition) is 3. The lowest BCUT2D eigenvalue weighted by molar-refractivity contribution is -0.534. The number of allylic oxidation sites excluding steroid dienone is 1. The molecule has 4 nitrogen and oxygen atoms in total. The van der Waals surface area contributed by atoms with E-state index in [1.54, 1.807) is 6.07 Å². The van der Waals surface area contributed by atoms with E-state index in [1.807, 2.05) is 17.7 Å². The second-order valence-corrected chi connectivity index (χ2v) is 7.53. The highest BCUT2D eigenvalue weighted by molar-refractivity contribution is 6.61. The van der Waals surface area contributed by atoms with Crippen LogP contribution in [0.2, 0.25) is 0 Å². The molecule has 0 radical (unpaired) electrons. The molecule has 2 atom stereocenters. The fourth-order valence-corrected chi connectivity index (χ4v) is 3.81. The molecule has 1 aromatic rings. The Morgan fingerprint density at radius 1 is 1.42 bits per heavy atom. The summed E-state index contributed by atoms with van der Waals surface area (Å²) in [5.74, 6) is 0.385. The maximum atomic E-state index is 11.4. The van der Waals surface area contributed by atoms with Gasteiger partial charge in [-0.25, -0.2) is 9.37 Å². The van der Waals surface area contributed by atoms with Crippen LogP contribution in [-0.4, -0.2) is 34.9 Å². The van der Waals surface area contributed by atoms with Gasteiger partial charge in [-0.3, -0.25) is 0 Å². The highest BCUT2D eigenvalue weighted by Crippen LogP contribution is 2.43. The monoisotopic (exact) mass is 378 g/mol. The molecule has 0 saturated heterocycles. The molecule has 5 heteroatoms. The smallest absolute Gasteiger partial charge is 0.409 e. The summed E-state index contributed by atoms with van der Waals surface area (Å²) in [7, 11) is 1.93. The van der Waals surface area contributed by atoms with Gasteiger partial charge >= 0.3 is 5.43 Å². The summed E-state index contributed by atoms with van der Waals surface area (Å²) < 4.78 is 7.20. The van der Waals surface area contributed by atoms with Crippen molar-refractivity contribution in [3.63, 3.8) is 0 Å². The van der Waals surface area contributed by atoms with Crippen LogP contribution in [0.15, 0.2) is 23.8 Å². The molecule has 0 fully saturated rings. The summed E-state index contributed by atoms with van der Waals surface area (Å²) >= 11 is 5.50. The molecule has 0 unspecified atom stereocenters. The summed E-state index contributed by atoms with van der Waals surface area (Å²) in [4.78, 5) is 11.4. The van der Waals surface area contributed by atoms with Crippen LogP contribution in [0, 0.1) is 0 Å². The minimum absolute atomic E-state index is 0.109. The largest absolute Gasteiger partial charge is 0.507 e. The van der Waals surface area contributed by atoms with Gasteiger partial charge in [-0.1, -0.05) is 31.4 Å². The van der Waals surface area contributed by atoms with E-state index in [-0.39, 0.29) is 17.7 Å². The highest BCUT2D eigenvalue weighted by Gasteiger charge is 2.35.